The number of nitrogens with two attached hydrogens (primary N) is 1. The molecule has 0 bridgehead atoms. The average Bonchev–Trinajstić information content (AvgIpc) is 2.58. The van der Waals surface area contributed by atoms with E-state index in [1.54, 1.807) is 11.8 Å². The molecule has 2 rings (SSSR count). The van der Waals surface area contributed by atoms with Crippen LogP contribution in [-0.2, 0) is 6.54 Å². The molecule has 0 radical (unpaired) electrons. The Balaban J connectivity index is 2.34. The normalized spacial score (nSPS) is 21.5. The van der Waals surface area contributed by atoms with Crippen molar-refractivity contribution in [2.45, 2.75) is 30.8 Å². The third-order valence-corrected chi connectivity index (χ3v) is 4.71. The zero-order chi connectivity index (χ0) is 13.8. The standard InChI is InChI=1S/C15H25N3S/c1-12-11-17(2)8-5-9-18(12)14-6-4-7-15(19-3)13(14)10-16/h4,6-7,12H,5,8-11,16H2,1-3H3. The van der Waals surface area contributed by atoms with Gasteiger partial charge in [0.2, 0.25) is 0 Å². The van der Waals surface area contributed by atoms with Crippen molar-refractivity contribution in [3.63, 3.8) is 0 Å². The van der Waals surface area contributed by atoms with E-state index in [-0.39, 0.29) is 0 Å². The van der Waals surface area contributed by atoms with Gasteiger partial charge < -0.3 is 15.5 Å². The lowest BCUT2D eigenvalue weighted by Crippen LogP contribution is -2.38. The molecule has 0 aromatic heterocycles. The van der Waals surface area contributed by atoms with Crippen LogP contribution in [0.4, 0.5) is 5.69 Å². The summed E-state index contributed by atoms with van der Waals surface area (Å²) in [5.41, 5.74) is 8.62. The highest BCUT2D eigenvalue weighted by molar-refractivity contribution is 7.98. The van der Waals surface area contributed by atoms with Gasteiger partial charge in [0.15, 0.2) is 0 Å². The molecule has 2 N–H and O–H groups in total. The Kier molecular flexibility index (Phi) is 5.13. The fourth-order valence-corrected chi connectivity index (χ4v) is 3.60. The van der Waals surface area contributed by atoms with Gasteiger partial charge in [0.05, 0.1) is 0 Å². The van der Waals surface area contributed by atoms with Crippen LogP contribution in [0.15, 0.2) is 23.1 Å². The zero-order valence-corrected chi connectivity index (χ0v) is 13.0. The number of rotatable bonds is 3. The van der Waals surface area contributed by atoms with E-state index < -0.39 is 0 Å². The summed E-state index contributed by atoms with van der Waals surface area (Å²) >= 11 is 1.79. The van der Waals surface area contributed by atoms with Gasteiger partial charge >= 0.3 is 0 Å². The molecule has 0 amide bonds. The highest BCUT2D eigenvalue weighted by atomic mass is 32.2. The molecule has 1 fully saturated rings. The summed E-state index contributed by atoms with van der Waals surface area (Å²) in [5.74, 6) is 0. The van der Waals surface area contributed by atoms with Crippen LogP contribution in [0.25, 0.3) is 0 Å². The van der Waals surface area contributed by atoms with Crippen molar-refractivity contribution >= 4 is 17.4 Å². The predicted octanol–water partition coefficient (Wildman–Crippen LogP) is 2.40. The Hall–Kier alpha value is -0.710. The van der Waals surface area contributed by atoms with E-state index >= 15 is 0 Å². The van der Waals surface area contributed by atoms with Crippen LogP contribution >= 0.6 is 11.8 Å². The van der Waals surface area contributed by atoms with Crippen LogP contribution in [0.2, 0.25) is 0 Å². The Morgan fingerprint density at radius 2 is 2.16 bits per heavy atom. The minimum Gasteiger partial charge on any atom is -0.367 e. The van der Waals surface area contributed by atoms with Crippen molar-refractivity contribution in [2.24, 2.45) is 5.73 Å². The van der Waals surface area contributed by atoms with Gasteiger partial charge in [-0.05, 0) is 45.3 Å². The van der Waals surface area contributed by atoms with E-state index in [2.05, 4.69) is 48.2 Å². The van der Waals surface area contributed by atoms with Crippen LogP contribution in [0.3, 0.4) is 0 Å². The topological polar surface area (TPSA) is 32.5 Å². The monoisotopic (exact) mass is 279 g/mol. The zero-order valence-electron chi connectivity index (χ0n) is 12.2. The maximum Gasteiger partial charge on any atom is 0.0425 e. The fraction of sp³-hybridized carbons (Fsp3) is 0.600. The Bertz CT molecular complexity index is 422. The lowest BCUT2D eigenvalue weighted by molar-refractivity contribution is 0.337. The van der Waals surface area contributed by atoms with Crippen LogP contribution in [0.1, 0.15) is 18.9 Å². The second-order valence-corrected chi connectivity index (χ2v) is 6.17. The van der Waals surface area contributed by atoms with Crippen molar-refractivity contribution < 1.29 is 0 Å². The molecule has 1 atom stereocenters. The van der Waals surface area contributed by atoms with Gasteiger partial charge in [0.1, 0.15) is 0 Å². The minimum absolute atomic E-state index is 0.537. The molecule has 1 aliphatic heterocycles. The quantitative estimate of drug-likeness (QED) is 0.861. The molecular formula is C15H25N3S. The SMILES string of the molecule is CSc1cccc(N2CCCN(C)CC2C)c1CN. The third-order valence-electron chi connectivity index (χ3n) is 3.89. The number of benzene rings is 1. The van der Waals surface area contributed by atoms with Gasteiger partial charge in [-0.25, -0.2) is 0 Å². The average molecular weight is 279 g/mol. The summed E-state index contributed by atoms with van der Waals surface area (Å²) in [6.07, 6.45) is 3.34. The van der Waals surface area contributed by atoms with E-state index in [0.717, 1.165) is 13.1 Å². The van der Waals surface area contributed by atoms with Crippen molar-refractivity contribution in [1.29, 1.82) is 0 Å². The smallest absolute Gasteiger partial charge is 0.0425 e. The molecule has 1 heterocycles. The third kappa shape index (κ3) is 3.25. The minimum atomic E-state index is 0.537. The van der Waals surface area contributed by atoms with Crippen LogP contribution < -0.4 is 10.6 Å². The van der Waals surface area contributed by atoms with E-state index in [1.165, 1.54) is 29.1 Å². The van der Waals surface area contributed by atoms with Crippen molar-refractivity contribution in [1.82, 2.24) is 4.90 Å². The highest BCUT2D eigenvalue weighted by Gasteiger charge is 2.22. The van der Waals surface area contributed by atoms with Crippen LogP contribution in [0.5, 0.6) is 0 Å². The molecule has 4 heteroatoms. The highest BCUT2D eigenvalue weighted by Crippen LogP contribution is 2.31. The van der Waals surface area contributed by atoms with Crippen molar-refractivity contribution in [3.05, 3.63) is 23.8 Å². The molecule has 3 nitrogen and oxygen atoms in total. The first-order valence-electron chi connectivity index (χ1n) is 6.98. The Labute approximate surface area is 121 Å². The number of anilines is 1. The van der Waals surface area contributed by atoms with E-state index in [1.807, 2.05) is 0 Å². The van der Waals surface area contributed by atoms with E-state index in [9.17, 15) is 0 Å². The second-order valence-electron chi connectivity index (χ2n) is 5.32. The predicted molar refractivity (Wildman–Crippen MR) is 85.0 cm³/mol. The van der Waals surface area contributed by atoms with Gasteiger partial charge in [0, 0.05) is 41.8 Å². The first kappa shape index (κ1) is 14.7. The summed E-state index contributed by atoms with van der Waals surface area (Å²) in [5, 5.41) is 0. The number of hydrogen-bond donors (Lipinski definition) is 1. The molecule has 1 aliphatic rings. The molecule has 106 valence electrons. The van der Waals surface area contributed by atoms with Crippen molar-refractivity contribution in [2.75, 3.05) is 37.8 Å². The van der Waals surface area contributed by atoms with E-state index in [4.69, 9.17) is 5.73 Å². The summed E-state index contributed by atoms with van der Waals surface area (Å²) in [4.78, 5) is 6.26. The molecular weight excluding hydrogens is 254 g/mol. The van der Waals surface area contributed by atoms with Gasteiger partial charge in [-0.3, -0.25) is 0 Å². The summed E-state index contributed by atoms with van der Waals surface area (Å²) in [6.45, 7) is 6.35. The van der Waals surface area contributed by atoms with Gasteiger partial charge in [-0.15, -0.1) is 11.8 Å². The number of hydrogen-bond acceptors (Lipinski definition) is 4. The molecule has 19 heavy (non-hydrogen) atoms. The second kappa shape index (κ2) is 6.64. The molecule has 1 aromatic carbocycles. The fourth-order valence-electron chi connectivity index (χ4n) is 2.95. The Morgan fingerprint density at radius 1 is 1.37 bits per heavy atom. The lowest BCUT2D eigenvalue weighted by Gasteiger charge is -2.32. The summed E-state index contributed by atoms with van der Waals surface area (Å²) < 4.78 is 0. The van der Waals surface area contributed by atoms with Crippen LogP contribution in [0, 0.1) is 0 Å². The molecule has 0 spiro atoms. The van der Waals surface area contributed by atoms with Gasteiger partial charge in [-0.1, -0.05) is 6.07 Å². The Morgan fingerprint density at radius 3 is 2.84 bits per heavy atom. The molecule has 1 saturated heterocycles. The molecule has 0 aliphatic carbocycles. The van der Waals surface area contributed by atoms with Crippen LogP contribution in [-0.4, -0.2) is 43.9 Å². The first-order chi connectivity index (χ1) is 9.17. The van der Waals surface area contributed by atoms with Gasteiger partial charge in [-0.2, -0.15) is 0 Å². The maximum absolute atomic E-state index is 6.00. The number of likely N-dealkylation sites (N-methyl/N-ethyl adjacent to an activating group) is 1. The molecule has 1 aromatic rings. The lowest BCUT2D eigenvalue weighted by atomic mass is 10.1. The molecule has 1 unspecified atom stereocenters. The summed E-state index contributed by atoms with van der Waals surface area (Å²) in [7, 11) is 2.21. The first-order valence-corrected chi connectivity index (χ1v) is 8.21. The number of nitrogens with zero attached hydrogens (tertiary/aromatic N) is 2. The number of thioether (sulfide) groups is 1. The molecule has 0 saturated carbocycles. The van der Waals surface area contributed by atoms with Crippen molar-refractivity contribution in [3.8, 4) is 0 Å². The van der Waals surface area contributed by atoms with E-state index in [0.29, 0.717) is 12.6 Å². The van der Waals surface area contributed by atoms with Gasteiger partial charge in [0.25, 0.3) is 0 Å². The largest absolute Gasteiger partial charge is 0.367 e. The maximum atomic E-state index is 6.00. The summed E-state index contributed by atoms with van der Waals surface area (Å²) in [6, 6.07) is 7.09.